The van der Waals surface area contributed by atoms with Crippen LogP contribution in [0.25, 0.3) is 0 Å². The van der Waals surface area contributed by atoms with Crippen LogP contribution in [-0.2, 0) is 19.2 Å². The Morgan fingerprint density at radius 1 is 0.677 bits per heavy atom. The van der Waals surface area contributed by atoms with Gasteiger partial charge in [-0.15, -0.1) is 0 Å². The average Bonchev–Trinajstić information content (AvgIpc) is 2.71. The standard InChI is InChI=1S/C23H42N2O6/c1-2-3-18-24-20(26)17-16-19(23(30)31)25-21(27)14-12-10-8-6-4-5-7-9-11-13-15-22(28)29/h19H,2-18H2,1H3,(H,24,26)(H,25,27)(H,28,29)(H,30,31). The quantitative estimate of drug-likeness (QED) is 0.198. The molecule has 0 aromatic heterocycles. The number of carboxylic acid groups (broad SMARTS) is 2. The van der Waals surface area contributed by atoms with Crippen molar-refractivity contribution in [1.82, 2.24) is 10.6 Å². The molecule has 0 aliphatic carbocycles. The second-order valence-corrected chi connectivity index (χ2v) is 8.13. The maximum atomic E-state index is 12.0. The highest BCUT2D eigenvalue weighted by Gasteiger charge is 2.20. The molecule has 31 heavy (non-hydrogen) atoms. The normalized spacial score (nSPS) is 11.6. The van der Waals surface area contributed by atoms with Crippen LogP contribution in [0.2, 0.25) is 0 Å². The SMILES string of the molecule is CCCCNC(=O)CCC(NC(=O)CCCCCCCCCCCCC(=O)O)C(=O)O. The summed E-state index contributed by atoms with van der Waals surface area (Å²) in [6.45, 7) is 2.62. The minimum Gasteiger partial charge on any atom is -0.481 e. The number of carbonyl (C=O) groups excluding carboxylic acids is 2. The van der Waals surface area contributed by atoms with Crippen molar-refractivity contribution >= 4 is 23.8 Å². The van der Waals surface area contributed by atoms with Crippen molar-refractivity contribution in [3.8, 4) is 0 Å². The van der Waals surface area contributed by atoms with Crippen LogP contribution in [0.3, 0.4) is 0 Å². The van der Waals surface area contributed by atoms with Gasteiger partial charge in [0.25, 0.3) is 0 Å². The van der Waals surface area contributed by atoms with Gasteiger partial charge in [-0.2, -0.15) is 0 Å². The van der Waals surface area contributed by atoms with Gasteiger partial charge in [-0.05, 0) is 25.7 Å². The van der Waals surface area contributed by atoms with E-state index in [9.17, 15) is 24.3 Å². The van der Waals surface area contributed by atoms with Gasteiger partial charge in [0.2, 0.25) is 11.8 Å². The first kappa shape index (κ1) is 28.9. The van der Waals surface area contributed by atoms with Crippen molar-refractivity contribution in [3.63, 3.8) is 0 Å². The third kappa shape index (κ3) is 19.6. The van der Waals surface area contributed by atoms with E-state index in [-0.39, 0.29) is 31.1 Å². The summed E-state index contributed by atoms with van der Waals surface area (Å²) in [4.78, 5) is 45.4. The van der Waals surface area contributed by atoms with Gasteiger partial charge in [0.1, 0.15) is 6.04 Å². The lowest BCUT2D eigenvalue weighted by Gasteiger charge is -2.14. The largest absolute Gasteiger partial charge is 0.481 e. The number of carboxylic acids is 2. The Bertz CT molecular complexity index is 524. The fourth-order valence-corrected chi connectivity index (χ4v) is 3.27. The summed E-state index contributed by atoms with van der Waals surface area (Å²) in [5.74, 6) is -2.30. The summed E-state index contributed by atoms with van der Waals surface area (Å²) in [7, 11) is 0. The molecule has 0 aromatic rings. The molecule has 180 valence electrons. The number of amides is 2. The topological polar surface area (TPSA) is 133 Å². The molecule has 0 rings (SSSR count). The summed E-state index contributed by atoms with van der Waals surface area (Å²) in [6, 6.07) is -1.03. The molecule has 8 heteroatoms. The first-order valence-corrected chi connectivity index (χ1v) is 11.9. The van der Waals surface area contributed by atoms with Crippen molar-refractivity contribution < 1.29 is 29.4 Å². The lowest BCUT2D eigenvalue weighted by molar-refractivity contribution is -0.142. The highest BCUT2D eigenvalue weighted by atomic mass is 16.4. The Balaban J connectivity index is 3.71. The average molecular weight is 443 g/mol. The number of hydrogen-bond acceptors (Lipinski definition) is 4. The Hall–Kier alpha value is -2.12. The summed E-state index contributed by atoms with van der Waals surface area (Å²) >= 11 is 0. The van der Waals surface area contributed by atoms with E-state index in [0.717, 1.165) is 77.0 Å². The number of aliphatic carboxylic acids is 2. The Kier molecular flexibility index (Phi) is 18.5. The van der Waals surface area contributed by atoms with Crippen LogP contribution >= 0.6 is 0 Å². The van der Waals surface area contributed by atoms with Crippen LogP contribution in [-0.4, -0.2) is 46.6 Å². The fraction of sp³-hybridized carbons (Fsp3) is 0.826. The first-order chi connectivity index (χ1) is 14.9. The van der Waals surface area contributed by atoms with Crippen molar-refractivity contribution in [3.05, 3.63) is 0 Å². The maximum absolute atomic E-state index is 12.0. The summed E-state index contributed by atoms with van der Waals surface area (Å²) < 4.78 is 0. The van der Waals surface area contributed by atoms with E-state index in [0.29, 0.717) is 13.0 Å². The van der Waals surface area contributed by atoms with Gasteiger partial charge >= 0.3 is 11.9 Å². The molecular formula is C23H42N2O6. The van der Waals surface area contributed by atoms with Crippen LogP contribution in [0.1, 0.15) is 110 Å². The van der Waals surface area contributed by atoms with Crippen LogP contribution in [0, 0.1) is 0 Å². The van der Waals surface area contributed by atoms with Crippen LogP contribution in [0.15, 0.2) is 0 Å². The van der Waals surface area contributed by atoms with Crippen molar-refractivity contribution in [2.45, 2.75) is 116 Å². The zero-order chi connectivity index (χ0) is 23.3. The predicted molar refractivity (Wildman–Crippen MR) is 120 cm³/mol. The van der Waals surface area contributed by atoms with E-state index in [1.165, 1.54) is 0 Å². The number of carbonyl (C=O) groups is 4. The molecule has 0 spiro atoms. The molecule has 0 fully saturated rings. The first-order valence-electron chi connectivity index (χ1n) is 11.9. The summed E-state index contributed by atoms with van der Waals surface area (Å²) in [5, 5.41) is 23.1. The lowest BCUT2D eigenvalue weighted by Crippen LogP contribution is -2.41. The van der Waals surface area contributed by atoms with Crippen molar-refractivity contribution in [2.75, 3.05) is 6.54 Å². The molecule has 0 aliphatic heterocycles. The molecule has 0 saturated carbocycles. The maximum Gasteiger partial charge on any atom is 0.326 e. The molecule has 1 atom stereocenters. The molecule has 8 nitrogen and oxygen atoms in total. The molecule has 0 saturated heterocycles. The zero-order valence-electron chi connectivity index (χ0n) is 19.1. The van der Waals surface area contributed by atoms with E-state index >= 15 is 0 Å². The minimum atomic E-state index is -1.11. The predicted octanol–water partition coefficient (Wildman–Crippen LogP) is 4.02. The molecule has 0 aromatic carbocycles. The van der Waals surface area contributed by atoms with Crippen molar-refractivity contribution in [1.29, 1.82) is 0 Å². The summed E-state index contributed by atoms with van der Waals surface area (Å²) in [5.41, 5.74) is 0. The monoisotopic (exact) mass is 442 g/mol. The Morgan fingerprint density at radius 2 is 1.19 bits per heavy atom. The Labute approximate surface area is 186 Å². The molecule has 1 unspecified atom stereocenters. The van der Waals surface area contributed by atoms with Gasteiger partial charge in [0, 0.05) is 25.8 Å². The number of hydrogen-bond donors (Lipinski definition) is 4. The zero-order valence-corrected chi connectivity index (χ0v) is 19.1. The van der Waals surface area contributed by atoms with Crippen molar-refractivity contribution in [2.24, 2.45) is 0 Å². The van der Waals surface area contributed by atoms with E-state index in [1.54, 1.807) is 0 Å². The molecule has 4 N–H and O–H groups in total. The smallest absolute Gasteiger partial charge is 0.326 e. The van der Waals surface area contributed by atoms with E-state index in [1.807, 2.05) is 6.92 Å². The molecule has 2 amide bonds. The van der Waals surface area contributed by atoms with Gasteiger partial charge < -0.3 is 20.8 Å². The number of unbranched alkanes of at least 4 members (excludes halogenated alkanes) is 10. The Morgan fingerprint density at radius 3 is 1.68 bits per heavy atom. The van der Waals surface area contributed by atoms with E-state index < -0.39 is 18.0 Å². The van der Waals surface area contributed by atoms with Crippen LogP contribution < -0.4 is 10.6 Å². The molecule has 0 heterocycles. The third-order valence-corrected chi connectivity index (χ3v) is 5.19. The molecule has 0 aliphatic rings. The third-order valence-electron chi connectivity index (χ3n) is 5.19. The lowest BCUT2D eigenvalue weighted by atomic mass is 10.0. The van der Waals surface area contributed by atoms with E-state index in [4.69, 9.17) is 5.11 Å². The second-order valence-electron chi connectivity index (χ2n) is 8.13. The minimum absolute atomic E-state index is 0.0838. The highest BCUT2D eigenvalue weighted by molar-refractivity contribution is 5.84. The van der Waals surface area contributed by atoms with Gasteiger partial charge in [-0.3, -0.25) is 14.4 Å². The summed E-state index contributed by atoms with van der Waals surface area (Å²) in [6.07, 6.45) is 12.7. The van der Waals surface area contributed by atoms with Gasteiger partial charge in [0.05, 0.1) is 0 Å². The number of nitrogens with one attached hydrogen (secondary N) is 2. The van der Waals surface area contributed by atoms with Gasteiger partial charge in [-0.1, -0.05) is 64.7 Å². The second kappa shape index (κ2) is 19.8. The van der Waals surface area contributed by atoms with Crippen LogP contribution in [0.5, 0.6) is 0 Å². The molecule has 0 radical (unpaired) electrons. The van der Waals surface area contributed by atoms with Crippen LogP contribution in [0.4, 0.5) is 0 Å². The highest BCUT2D eigenvalue weighted by Crippen LogP contribution is 2.12. The van der Waals surface area contributed by atoms with Gasteiger partial charge in [0.15, 0.2) is 0 Å². The molecular weight excluding hydrogens is 400 g/mol. The molecule has 0 bridgehead atoms. The van der Waals surface area contributed by atoms with Gasteiger partial charge in [-0.25, -0.2) is 4.79 Å². The van der Waals surface area contributed by atoms with E-state index in [2.05, 4.69) is 10.6 Å². The number of rotatable bonds is 21. The fourth-order valence-electron chi connectivity index (χ4n) is 3.27.